The van der Waals surface area contributed by atoms with Crippen LogP contribution in [0.15, 0.2) is 23.4 Å². The summed E-state index contributed by atoms with van der Waals surface area (Å²) in [7, 11) is 2.12. The smallest absolute Gasteiger partial charge is 0.161 e. The molecule has 0 bridgehead atoms. The molecule has 2 aromatic rings. The van der Waals surface area contributed by atoms with Crippen molar-refractivity contribution in [3.05, 3.63) is 24.2 Å². The minimum Gasteiger partial charge on any atom is -0.366 e. The molecule has 3 heterocycles. The largest absolute Gasteiger partial charge is 0.366 e. The van der Waals surface area contributed by atoms with Gasteiger partial charge in [-0.15, -0.1) is 0 Å². The molecule has 174 valence electrons. The number of alkyl halides is 1. The van der Waals surface area contributed by atoms with E-state index >= 15 is 0 Å². The Hall–Kier alpha value is -2.13. The number of nitriles is 1. The van der Waals surface area contributed by atoms with Gasteiger partial charge in [-0.3, -0.25) is 19.9 Å². The van der Waals surface area contributed by atoms with E-state index in [-0.39, 0.29) is 16.8 Å². The molecular weight excluding hydrogens is 459 g/mol. The number of pyridine rings is 1. The number of thioether (sulfide) groups is 1. The van der Waals surface area contributed by atoms with Gasteiger partial charge in [0.25, 0.3) is 0 Å². The van der Waals surface area contributed by atoms with E-state index in [1.165, 1.54) is 11.9 Å². The second-order valence-electron chi connectivity index (χ2n) is 9.26. The molecule has 0 amide bonds. The van der Waals surface area contributed by atoms with Crippen LogP contribution in [-0.2, 0) is 0 Å². The highest BCUT2D eigenvalue weighted by Gasteiger charge is 2.48. The molecule has 5 rings (SSSR count). The van der Waals surface area contributed by atoms with Gasteiger partial charge in [0.15, 0.2) is 5.65 Å². The molecule has 0 atom stereocenters. The highest BCUT2D eigenvalue weighted by molar-refractivity contribution is 8.26. The van der Waals surface area contributed by atoms with Crippen LogP contribution < -0.4 is 9.62 Å². The van der Waals surface area contributed by atoms with Gasteiger partial charge in [-0.05, 0) is 50.7 Å². The molecule has 0 unspecified atom stereocenters. The van der Waals surface area contributed by atoms with E-state index in [2.05, 4.69) is 38.7 Å². The van der Waals surface area contributed by atoms with Crippen LogP contribution in [0.25, 0.3) is 5.65 Å². The van der Waals surface area contributed by atoms with E-state index in [4.69, 9.17) is 10.8 Å². The van der Waals surface area contributed by atoms with Crippen molar-refractivity contribution < 1.29 is 4.39 Å². The second-order valence-corrected chi connectivity index (χ2v) is 11.2. The average molecular weight is 487 g/mol. The Morgan fingerprint density at radius 3 is 2.58 bits per heavy atom. The quantitative estimate of drug-likeness (QED) is 0.312. The number of anilines is 1. The number of aromatic nitrogens is 2. The standard InChI is InChI=1S/C22H27FN8S2/c1-29-6-8-30(9-7-29)16-10-15(33-28-22(13-23)4-5-22)12-31-17(11-27-19(16)31)18(25)32-20(26)21(14-24)2-3-21/h10-12,25-26,28H,2-9,13H2,1H3. The average Bonchev–Trinajstić information content (AvgIpc) is 3.74. The van der Waals surface area contributed by atoms with Crippen LogP contribution in [0.3, 0.4) is 0 Å². The lowest BCUT2D eigenvalue weighted by molar-refractivity contribution is 0.313. The molecule has 1 aliphatic heterocycles. The van der Waals surface area contributed by atoms with Gasteiger partial charge in [0.1, 0.15) is 17.1 Å². The summed E-state index contributed by atoms with van der Waals surface area (Å²) in [6.07, 6.45) is 6.65. The molecule has 33 heavy (non-hydrogen) atoms. The van der Waals surface area contributed by atoms with Gasteiger partial charge in [-0.1, -0.05) is 11.8 Å². The predicted molar refractivity (Wildman–Crippen MR) is 131 cm³/mol. The molecule has 3 fully saturated rings. The van der Waals surface area contributed by atoms with Crippen molar-refractivity contribution in [1.29, 1.82) is 16.1 Å². The van der Waals surface area contributed by atoms with Gasteiger partial charge < -0.3 is 9.80 Å². The third kappa shape index (κ3) is 4.37. The third-order valence-corrected chi connectivity index (χ3v) is 8.74. The normalized spacial score (nSPS) is 21.1. The summed E-state index contributed by atoms with van der Waals surface area (Å²) in [5.41, 5.74) is 1.23. The Labute approximate surface area is 201 Å². The zero-order valence-corrected chi connectivity index (χ0v) is 20.2. The van der Waals surface area contributed by atoms with Crippen molar-refractivity contribution in [2.45, 2.75) is 36.1 Å². The molecule has 1 saturated heterocycles. The molecular formula is C22H27FN8S2. The minimum atomic E-state index is -0.710. The fraction of sp³-hybridized carbons (Fsp3) is 0.545. The highest BCUT2D eigenvalue weighted by atomic mass is 32.2. The van der Waals surface area contributed by atoms with Crippen molar-refractivity contribution in [3.63, 3.8) is 0 Å². The molecule has 3 N–H and O–H groups in total. The number of halogens is 1. The van der Waals surface area contributed by atoms with E-state index < -0.39 is 11.0 Å². The number of piperazine rings is 1. The monoisotopic (exact) mass is 486 g/mol. The van der Waals surface area contributed by atoms with Crippen molar-refractivity contribution in [2.24, 2.45) is 5.41 Å². The Kier molecular flexibility index (Phi) is 5.89. The lowest BCUT2D eigenvalue weighted by Gasteiger charge is -2.34. The lowest BCUT2D eigenvalue weighted by atomic mass is 10.2. The summed E-state index contributed by atoms with van der Waals surface area (Å²) < 4.78 is 18.6. The van der Waals surface area contributed by atoms with Gasteiger partial charge in [-0.25, -0.2) is 9.37 Å². The topological polar surface area (TPSA) is 107 Å². The molecule has 2 aromatic heterocycles. The number of hydrogen-bond acceptors (Lipinski definition) is 9. The summed E-state index contributed by atoms with van der Waals surface area (Å²) in [5, 5.41) is 26.8. The van der Waals surface area contributed by atoms with Crippen LogP contribution >= 0.6 is 23.7 Å². The number of imidazole rings is 1. The summed E-state index contributed by atoms with van der Waals surface area (Å²) >= 11 is 2.46. The summed E-state index contributed by atoms with van der Waals surface area (Å²) in [4.78, 5) is 10.2. The predicted octanol–water partition coefficient (Wildman–Crippen LogP) is 3.52. The second kappa shape index (κ2) is 8.58. The molecule has 0 aromatic carbocycles. The fourth-order valence-electron chi connectivity index (χ4n) is 3.90. The van der Waals surface area contributed by atoms with Crippen molar-refractivity contribution in [3.8, 4) is 6.07 Å². The highest BCUT2D eigenvalue weighted by Crippen LogP contribution is 2.49. The Morgan fingerprint density at radius 2 is 1.97 bits per heavy atom. The molecule has 8 nitrogen and oxygen atoms in total. The lowest BCUT2D eigenvalue weighted by Crippen LogP contribution is -2.44. The van der Waals surface area contributed by atoms with Crippen LogP contribution in [0.4, 0.5) is 10.1 Å². The number of nitrogens with zero attached hydrogens (tertiary/aromatic N) is 5. The van der Waals surface area contributed by atoms with Crippen molar-refractivity contribution >= 4 is 45.1 Å². The maximum Gasteiger partial charge on any atom is 0.161 e. The van der Waals surface area contributed by atoms with Crippen molar-refractivity contribution in [1.82, 2.24) is 19.0 Å². The maximum atomic E-state index is 13.4. The Morgan fingerprint density at radius 1 is 1.24 bits per heavy atom. The zero-order valence-electron chi connectivity index (χ0n) is 18.5. The third-order valence-electron chi connectivity index (χ3n) is 6.74. The van der Waals surface area contributed by atoms with Gasteiger partial charge >= 0.3 is 0 Å². The van der Waals surface area contributed by atoms with E-state index in [0.717, 1.165) is 67.0 Å². The number of likely N-dealkylation sites (N-methyl/N-ethyl adjacent to an activating group) is 1. The summed E-state index contributed by atoms with van der Waals surface area (Å²) in [6, 6.07) is 4.32. The summed E-state index contributed by atoms with van der Waals surface area (Å²) in [6.45, 7) is 3.30. The molecule has 2 saturated carbocycles. The first kappa shape index (κ1) is 22.7. The van der Waals surface area contributed by atoms with Gasteiger partial charge in [-0.2, -0.15) is 5.26 Å². The van der Waals surface area contributed by atoms with Gasteiger partial charge in [0, 0.05) is 37.3 Å². The van der Waals surface area contributed by atoms with Crippen LogP contribution in [0.5, 0.6) is 0 Å². The van der Waals surface area contributed by atoms with E-state index in [1.807, 2.05) is 10.6 Å². The number of rotatable bonds is 7. The first-order valence-corrected chi connectivity index (χ1v) is 12.7. The van der Waals surface area contributed by atoms with Gasteiger partial charge in [0.05, 0.1) is 34.2 Å². The molecule has 2 aliphatic carbocycles. The molecule has 11 heteroatoms. The van der Waals surface area contributed by atoms with Crippen LogP contribution in [0.2, 0.25) is 0 Å². The first-order valence-electron chi connectivity index (χ1n) is 11.1. The fourth-order valence-corrected chi connectivity index (χ4v) is 5.72. The molecule has 0 spiro atoms. The minimum absolute atomic E-state index is 0.205. The Bertz CT molecular complexity index is 1140. The van der Waals surface area contributed by atoms with E-state index in [0.29, 0.717) is 18.5 Å². The number of hydrogen-bond donors (Lipinski definition) is 3. The zero-order chi connectivity index (χ0) is 23.2. The van der Waals surface area contributed by atoms with E-state index in [9.17, 15) is 9.65 Å². The molecule has 0 radical (unpaired) electrons. The SMILES string of the molecule is CN1CCN(c2cc(SNC3(CF)CC3)cn3c(C(=N)SC(=N)C4(C#N)CC4)cnc23)CC1. The maximum absolute atomic E-state index is 13.4. The van der Waals surface area contributed by atoms with Crippen LogP contribution in [0.1, 0.15) is 31.4 Å². The van der Waals surface area contributed by atoms with Crippen LogP contribution in [-0.4, -0.2) is 69.8 Å². The molecule has 3 aliphatic rings. The van der Waals surface area contributed by atoms with E-state index in [1.54, 1.807) is 6.20 Å². The Balaban J connectivity index is 1.46. The van der Waals surface area contributed by atoms with Gasteiger partial charge in [0.2, 0.25) is 0 Å². The number of nitrogens with one attached hydrogen (secondary N) is 3. The van der Waals surface area contributed by atoms with Crippen LogP contribution in [0, 0.1) is 27.6 Å². The number of fused-ring (bicyclic) bond motifs is 1. The first-order chi connectivity index (χ1) is 15.9. The summed E-state index contributed by atoms with van der Waals surface area (Å²) in [5.74, 6) is 0. The van der Waals surface area contributed by atoms with Crippen molar-refractivity contribution in [2.75, 3.05) is 44.8 Å².